The molecule has 0 spiro atoms. The molecule has 1 aromatic heterocycles. The van der Waals surface area contributed by atoms with Crippen LogP contribution in [0.15, 0.2) is 56.7 Å². The van der Waals surface area contributed by atoms with E-state index in [0.29, 0.717) is 34.1 Å². The third-order valence-corrected chi connectivity index (χ3v) is 12.7. The van der Waals surface area contributed by atoms with E-state index in [9.17, 15) is 63.4 Å². The third-order valence-electron chi connectivity index (χ3n) is 12.7. The number of guanidine groups is 1. The van der Waals surface area contributed by atoms with Crippen molar-refractivity contribution >= 4 is 75.6 Å². The third kappa shape index (κ3) is 16.7. The number of hydrogen-bond donors (Lipinski definition) is 9. The van der Waals surface area contributed by atoms with Crippen LogP contribution in [-0.4, -0.2) is 136 Å². The average molecular weight is 1090 g/mol. The largest absolute Gasteiger partial charge is 0.497 e. The number of nitro benzene ring substituents is 2. The van der Waals surface area contributed by atoms with Crippen molar-refractivity contribution in [1.29, 1.82) is 0 Å². The number of nitrogens with zero attached hydrogens (tertiary/aromatic N) is 5. The minimum atomic E-state index is -2.08. The standard InChI is InChI=1S/C49H68N14O15/c1-24(2)17-33(59-46(70)35-10-8-16-60(35)39(65)19-27-20-40(66)78-37-22-29(77-6)12-14-30(27)37)45(69)56-23-38(64)57-34(18-25(3)4)47(71)61(26(5)44(68)58-32(43(52)67)9-7-15-55-49(53)54)48(72)42(51)41(50)31-13-11-28(62(73)74)21-36(31)63(75)76/h11-14,20-22,24-26,32-35,41-42H,7-10,15-19,23,50-51H2,1-6H3,(H2,52,67)(H,56,69)(H,57,64)(H,58,68)(H,59,70)(H4,53,54,55)/t26-,32-,33-,34-,35-,41?,42-/m0/s1. The zero-order chi connectivity index (χ0) is 58.3. The van der Waals surface area contributed by atoms with E-state index < -0.39 is 134 Å². The molecule has 0 radical (unpaired) electrons. The van der Waals surface area contributed by atoms with Crippen molar-refractivity contribution < 1.29 is 57.4 Å². The van der Waals surface area contributed by atoms with Crippen LogP contribution in [0.3, 0.4) is 0 Å². The summed E-state index contributed by atoms with van der Waals surface area (Å²) in [6.07, 6.45) is 0.380. The SMILES string of the molecule is COc1ccc2c(CC(=O)N3CCC[C@H]3C(=O)N[C@@H](CC(C)C)C(=O)NCC(=O)N[C@@H](CC(C)C)C(=O)N(C(=O)[C@@H](N)C(N)c3ccc([N+](=O)[O-])cc3[N+](=O)[O-])[C@@H](C)C(=O)N[C@@H](CCCN=C(N)N)C(N)=O)cc(=O)oc2c1. The molecule has 1 aliphatic heterocycles. The second-order valence-electron chi connectivity index (χ2n) is 19.5. The maximum Gasteiger partial charge on any atom is 0.336 e. The number of ether oxygens (including phenoxy) is 1. The molecule has 1 saturated heterocycles. The van der Waals surface area contributed by atoms with Gasteiger partial charge in [0.2, 0.25) is 41.4 Å². The number of primary amides is 1. The van der Waals surface area contributed by atoms with Crippen molar-refractivity contribution in [2.75, 3.05) is 26.7 Å². The van der Waals surface area contributed by atoms with Crippen LogP contribution in [-0.2, 0) is 44.8 Å². The average Bonchev–Trinajstić information content (AvgIpc) is 3.91. The zero-order valence-electron chi connectivity index (χ0n) is 44.1. The van der Waals surface area contributed by atoms with Gasteiger partial charge in [-0.1, -0.05) is 27.7 Å². The molecular weight excluding hydrogens is 1020 g/mol. The van der Waals surface area contributed by atoms with Gasteiger partial charge in [0.05, 0.1) is 42.0 Å². The monoisotopic (exact) mass is 1090 g/mol. The fourth-order valence-electron chi connectivity index (χ4n) is 8.74. The van der Waals surface area contributed by atoms with Crippen LogP contribution in [0.25, 0.3) is 11.0 Å². The summed E-state index contributed by atoms with van der Waals surface area (Å²) in [5.74, 6) is -8.09. The predicted molar refractivity (Wildman–Crippen MR) is 280 cm³/mol. The van der Waals surface area contributed by atoms with Gasteiger partial charge in [-0.3, -0.25) is 68.5 Å². The number of aliphatic imine (C=N–C) groups is 1. The highest BCUT2D eigenvalue weighted by atomic mass is 16.6. The minimum absolute atomic E-state index is 0.0304. The Morgan fingerprint density at radius 1 is 0.846 bits per heavy atom. The number of imide groups is 1. The first-order valence-electron chi connectivity index (χ1n) is 24.9. The van der Waals surface area contributed by atoms with Crippen molar-refractivity contribution in [2.24, 2.45) is 45.5 Å². The van der Waals surface area contributed by atoms with Crippen molar-refractivity contribution in [3.8, 4) is 5.75 Å². The maximum atomic E-state index is 14.8. The quantitative estimate of drug-likeness (QED) is 0.0112. The Morgan fingerprint density at radius 3 is 2.12 bits per heavy atom. The molecule has 8 amide bonds. The number of nitrogens with two attached hydrogens (primary N) is 5. The molecule has 29 nitrogen and oxygen atoms in total. The van der Waals surface area contributed by atoms with Crippen molar-refractivity contribution in [3.63, 3.8) is 0 Å². The fourth-order valence-corrected chi connectivity index (χ4v) is 8.74. The molecule has 2 aromatic carbocycles. The predicted octanol–water partition coefficient (Wildman–Crippen LogP) is -0.876. The highest BCUT2D eigenvalue weighted by Crippen LogP contribution is 2.31. The summed E-state index contributed by atoms with van der Waals surface area (Å²) in [6, 6.07) is -2.65. The molecule has 3 aromatic rings. The molecule has 4 rings (SSSR count). The molecule has 1 fully saturated rings. The molecule has 14 N–H and O–H groups in total. The first-order chi connectivity index (χ1) is 36.6. The maximum absolute atomic E-state index is 14.8. The fraction of sp³-hybridized carbons (Fsp3) is 0.510. The van der Waals surface area contributed by atoms with Gasteiger partial charge in [0.25, 0.3) is 17.3 Å². The lowest BCUT2D eigenvalue weighted by Gasteiger charge is -2.34. The number of hydrogen-bond acceptors (Lipinski definition) is 18. The van der Waals surface area contributed by atoms with Gasteiger partial charge in [-0.15, -0.1) is 0 Å². The van der Waals surface area contributed by atoms with Gasteiger partial charge < -0.3 is 64.0 Å². The number of rotatable bonds is 27. The van der Waals surface area contributed by atoms with E-state index in [1.165, 1.54) is 24.1 Å². The number of carbonyl (C=O) groups is 8. The van der Waals surface area contributed by atoms with Gasteiger partial charge >= 0.3 is 5.63 Å². The summed E-state index contributed by atoms with van der Waals surface area (Å²) in [4.78, 5) is 151. The number of nitro groups is 2. The summed E-state index contributed by atoms with van der Waals surface area (Å²) in [6.45, 7) is 7.42. The van der Waals surface area contributed by atoms with Crippen LogP contribution in [0.5, 0.6) is 5.75 Å². The van der Waals surface area contributed by atoms with Crippen LogP contribution in [0.2, 0.25) is 0 Å². The van der Waals surface area contributed by atoms with E-state index in [2.05, 4.69) is 26.3 Å². The highest BCUT2D eigenvalue weighted by molar-refractivity contribution is 6.06. The van der Waals surface area contributed by atoms with Gasteiger partial charge in [-0.25, -0.2) is 4.79 Å². The Morgan fingerprint density at radius 2 is 1.51 bits per heavy atom. The summed E-state index contributed by atoms with van der Waals surface area (Å²) >= 11 is 0. The van der Waals surface area contributed by atoms with Crippen molar-refractivity contribution in [1.82, 2.24) is 31.1 Å². The van der Waals surface area contributed by atoms with Gasteiger partial charge in [-0.05, 0) is 81.0 Å². The van der Waals surface area contributed by atoms with Crippen LogP contribution < -0.4 is 60.3 Å². The first kappa shape index (κ1) is 61.9. The molecule has 7 atom stereocenters. The Kier molecular flexibility index (Phi) is 22.2. The molecule has 29 heteroatoms. The number of amides is 8. The second-order valence-corrected chi connectivity index (χ2v) is 19.5. The second kappa shape index (κ2) is 28.0. The Hall–Kier alpha value is -8.60. The smallest absolute Gasteiger partial charge is 0.336 e. The van der Waals surface area contributed by atoms with E-state index in [0.717, 1.165) is 19.1 Å². The molecule has 0 aliphatic carbocycles. The Labute approximate surface area is 447 Å². The molecule has 424 valence electrons. The lowest BCUT2D eigenvalue weighted by atomic mass is 9.96. The van der Waals surface area contributed by atoms with Gasteiger partial charge in [-0.2, -0.15) is 0 Å². The van der Waals surface area contributed by atoms with E-state index >= 15 is 0 Å². The first-order valence-corrected chi connectivity index (χ1v) is 24.9. The summed E-state index contributed by atoms with van der Waals surface area (Å²) in [5, 5.41) is 34.0. The van der Waals surface area contributed by atoms with E-state index in [1.807, 2.05) is 0 Å². The minimum Gasteiger partial charge on any atom is -0.497 e. The summed E-state index contributed by atoms with van der Waals surface area (Å²) < 4.78 is 10.5. The Bertz CT molecular complexity index is 2850. The number of carbonyl (C=O) groups excluding carboxylic acids is 8. The molecule has 2 heterocycles. The van der Waals surface area contributed by atoms with Crippen LogP contribution in [0.1, 0.15) is 90.3 Å². The molecule has 0 saturated carbocycles. The molecule has 0 bridgehead atoms. The van der Waals surface area contributed by atoms with Gasteiger partial charge in [0.15, 0.2) is 5.96 Å². The van der Waals surface area contributed by atoms with E-state index in [1.54, 1.807) is 39.8 Å². The molecule has 1 unspecified atom stereocenters. The summed E-state index contributed by atoms with van der Waals surface area (Å²) in [7, 11) is 1.45. The number of likely N-dealkylation sites (tertiary alicyclic amines) is 1. The highest BCUT2D eigenvalue weighted by Gasteiger charge is 2.43. The molecule has 78 heavy (non-hydrogen) atoms. The number of methoxy groups -OCH3 is 1. The van der Waals surface area contributed by atoms with Gasteiger partial charge in [0, 0.05) is 42.2 Å². The molecule has 1 aliphatic rings. The topological polar surface area (TPSA) is 459 Å². The van der Waals surface area contributed by atoms with Crippen LogP contribution in [0.4, 0.5) is 11.4 Å². The van der Waals surface area contributed by atoms with Crippen molar-refractivity contribution in [2.45, 2.75) is 122 Å². The lowest BCUT2D eigenvalue weighted by Crippen LogP contribution is -2.63. The number of fused-ring (bicyclic) bond motifs is 1. The molecular formula is C49H68N14O15. The normalized spacial score (nSPS) is 15.5. The number of benzene rings is 2. The number of nitrogens with one attached hydrogen (secondary N) is 4. The van der Waals surface area contributed by atoms with E-state index in [-0.39, 0.29) is 69.1 Å². The van der Waals surface area contributed by atoms with E-state index in [4.69, 9.17) is 37.8 Å². The van der Waals surface area contributed by atoms with Crippen LogP contribution >= 0.6 is 0 Å². The zero-order valence-corrected chi connectivity index (χ0v) is 44.1. The Balaban J connectivity index is 1.57. The summed E-state index contributed by atoms with van der Waals surface area (Å²) in [5.41, 5.74) is 26.8. The van der Waals surface area contributed by atoms with Crippen LogP contribution in [0, 0.1) is 32.1 Å². The van der Waals surface area contributed by atoms with Crippen molar-refractivity contribution in [3.05, 3.63) is 84.2 Å². The number of non-ortho nitro benzene ring substituents is 1. The van der Waals surface area contributed by atoms with Gasteiger partial charge in [0.1, 0.15) is 47.6 Å². The lowest BCUT2D eigenvalue weighted by molar-refractivity contribution is -0.394.